The van der Waals surface area contributed by atoms with Crippen LogP contribution in [-0.2, 0) is 6.42 Å². The van der Waals surface area contributed by atoms with Crippen LogP contribution in [0.2, 0.25) is 10.0 Å². The van der Waals surface area contributed by atoms with Gasteiger partial charge in [-0.25, -0.2) is 0 Å². The number of nitrogens with zero attached hydrogens (tertiary/aromatic N) is 2. The number of hydrogen-bond acceptors (Lipinski definition) is 4. The third-order valence-electron chi connectivity index (χ3n) is 3.24. The molecule has 0 atom stereocenters. The van der Waals surface area contributed by atoms with Crippen LogP contribution in [0.1, 0.15) is 16.1 Å². The van der Waals surface area contributed by atoms with E-state index in [1.165, 1.54) is 6.20 Å². The van der Waals surface area contributed by atoms with Crippen LogP contribution in [0.15, 0.2) is 61.1 Å². The first-order valence-electron chi connectivity index (χ1n) is 7.13. The van der Waals surface area contributed by atoms with Crippen molar-refractivity contribution in [2.75, 3.05) is 0 Å². The highest BCUT2D eigenvalue weighted by Crippen LogP contribution is 2.24. The Morgan fingerprint density at radius 1 is 1.00 bits per heavy atom. The zero-order chi connectivity index (χ0) is 16.9. The molecule has 120 valence electrons. The van der Waals surface area contributed by atoms with Crippen LogP contribution < -0.4 is 4.74 Å². The number of pyridine rings is 2. The minimum absolute atomic E-state index is 0.134. The molecule has 3 rings (SSSR count). The maximum Gasteiger partial charge on any atom is 0.185 e. The van der Waals surface area contributed by atoms with Crippen LogP contribution >= 0.6 is 23.2 Å². The van der Waals surface area contributed by atoms with Gasteiger partial charge in [0.2, 0.25) is 0 Å². The van der Waals surface area contributed by atoms with Gasteiger partial charge in [0, 0.05) is 24.9 Å². The Morgan fingerprint density at radius 3 is 2.62 bits per heavy atom. The molecule has 0 unspecified atom stereocenters. The smallest absolute Gasteiger partial charge is 0.185 e. The minimum Gasteiger partial charge on any atom is -0.456 e. The fourth-order valence-electron chi connectivity index (χ4n) is 2.10. The summed E-state index contributed by atoms with van der Waals surface area (Å²) in [5.74, 6) is 0.979. The van der Waals surface area contributed by atoms with Gasteiger partial charge in [0.15, 0.2) is 5.78 Å². The molecule has 3 aromatic rings. The third kappa shape index (κ3) is 4.10. The zero-order valence-corrected chi connectivity index (χ0v) is 14.0. The van der Waals surface area contributed by atoms with E-state index in [-0.39, 0.29) is 12.2 Å². The maximum atomic E-state index is 12.4. The maximum absolute atomic E-state index is 12.4. The normalized spacial score (nSPS) is 10.4. The van der Waals surface area contributed by atoms with Gasteiger partial charge in [-0.15, -0.1) is 0 Å². The van der Waals surface area contributed by atoms with Crippen LogP contribution in [0, 0.1) is 0 Å². The lowest BCUT2D eigenvalue weighted by molar-refractivity contribution is 0.0988. The Balaban J connectivity index is 1.75. The molecule has 0 saturated heterocycles. The summed E-state index contributed by atoms with van der Waals surface area (Å²) in [5.41, 5.74) is 1.09. The molecule has 0 aliphatic heterocycles. The van der Waals surface area contributed by atoms with Gasteiger partial charge in [0.25, 0.3) is 0 Å². The summed E-state index contributed by atoms with van der Waals surface area (Å²) in [6.45, 7) is 0. The fourth-order valence-corrected chi connectivity index (χ4v) is 2.42. The number of Topliss-reactive ketones (excluding diaryl/α,β-unsaturated/α-hetero) is 1. The number of aromatic nitrogens is 2. The first kappa shape index (κ1) is 16.4. The van der Waals surface area contributed by atoms with Crippen molar-refractivity contribution >= 4 is 29.0 Å². The van der Waals surface area contributed by atoms with Crippen molar-refractivity contribution in [1.82, 2.24) is 9.97 Å². The average Bonchev–Trinajstić information content (AvgIpc) is 2.59. The second-order valence-corrected chi connectivity index (χ2v) is 5.83. The Bertz CT molecular complexity index is 870. The van der Waals surface area contributed by atoms with E-state index < -0.39 is 0 Å². The van der Waals surface area contributed by atoms with Crippen molar-refractivity contribution in [2.24, 2.45) is 0 Å². The monoisotopic (exact) mass is 358 g/mol. The fraction of sp³-hybridized carbons (Fsp3) is 0.0556. The summed E-state index contributed by atoms with van der Waals surface area (Å²) in [6, 6.07) is 12.0. The van der Waals surface area contributed by atoms with E-state index in [9.17, 15) is 4.79 Å². The highest BCUT2D eigenvalue weighted by Gasteiger charge is 2.11. The number of carbonyl (C=O) groups is 1. The molecule has 0 spiro atoms. The van der Waals surface area contributed by atoms with Crippen molar-refractivity contribution < 1.29 is 9.53 Å². The summed E-state index contributed by atoms with van der Waals surface area (Å²) in [7, 11) is 0. The van der Waals surface area contributed by atoms with E-state index in [1.54, 1.807) is 54.9 Å². The number of ether oxygens (including phenoxy) is 1. The van der Waals surface area contributed by atoms with Crippen molar-refractivity contribution in [3.63, 3.8) is 0 Å². The van der Waals surface area contributed by atoms with E-state index >= 15 is 0 Å². The van der Waals surface area contributed by atoms with Gasteiger partial charge in [-0.05, 0) is 35.9 Å². The van der Waals surface area contributed by atoms with Gasteiger partial charge < -0.3 is 4.74 Å². The molecule has 0 aliphatic rings. The molecule has 2 heterocycles. The van der Waals surface area contributed by atoms with E-state index in [1.807, 2.05) is 0 Å². The highest BCUT2D eigenvalue weighted by molar-refractivity contribution is 6.42. The molecule has 1 aromatic carbocycles. The molecule has 6 heteroatoms. The molecule has 0 fully saturated rings. The standard InChI is InChI=1S/C18H12Cl2N2O2/c19-15-4-3-12(8-16(15)20)9-18(23)17-10-13(5-7-22-17)24-14-2-1-6-21-11-14/h1-8,10-11H,9H2. The molecule has 0 saturated carbocycles. The van der Waals surface area contributed by atoms with Gasteiger partial charge in [-0.2, -0.15) is 0 Å². The van der Waals surface area contributed by atoms with Gasteiger partial charge >= 0.3 is 0 Å². The number of halogens is 2. The lowest BCUT2D eigenvalue weighted by Crippen LogP contribution is -2.06. The SMILES string of the molecule is O=C(Cc1ccc(Cl)c(Cl)c1)c1cc(Oc2cccnc2)ccn1. The summed E-state index contributed by atoms with van der Waals surface area (Å²) in [4.78, 5) is 20.5. The van der Waals surface area contributed by atoms with E-state index in [2.05, 4.69) is 9.97 Å². The molecular weight excluding hydrogens is 347 g/mol. The number of ketones is 1. The van der Waals surface area contributed by atoms with E-state index in [4.69, 9.17) is 27.9 Å². The summed E-state index contributed by atoms with van der Waals surface area (Å²) in [5, 5.41) is 0.876. The second kappa shape index (κ2) is 7.43. The molecule has 0 aliphatic carbocycles. The molecule has 24 heavy (non-hydrogen) atoms. The van der Waals surface area contributed by atoms with E-state index in [0.717, 1.165) is 5.56 Å². The van der Waals surface area contributed by atoms with E-state index in [0.29, 0.717) is 27.2 Å². The van der Waals surface area contributed by atoms with Crippen molar-refractivity contribution in [3.05, 3.63) is 82.4 Å². The summed E-state index contributed by atoms with van der Waals surface area (Å²) >= 11 is 11.9. The second-order valence-electron chi connectivity index (χ2n) is 5.02. The molecule has 0 radical (unpaired) electrons. The van der Waals surface area contributed by atoms with Gasteiger partial charge in [-0.3, -0.25) is 14.8 Å². The van der Waals surface area contributed by atoms with Crippen LogP contribution in [0.5, 0.6) is 11.5 Å². The molecule has 0 bridgehead atoms. The van der Waals surface area contributed by atoms with Gasteiger partial charge in [-0.1, -0.05) is 29.3 Å². The van der Waals surface area contributed by atoms with Crippen LogP contribution in [0.3, 0.4) is 0 Å². The highest BCUT2D eigenvalue weighted by atomic mass is 35.5. The largest absolute Gasteiger partial charge is 0.456 e. The minimum atomic E-state index is -0.134. The Labute approximate surface area is 149 Å². The van der Waals surface area contributed by atoms with Crippen LogP contribution in [-0.4, -0.2) is 15.8 Å². The van der Waals surface area contributed by atoms with Gasteiger partial charge in [0.1, 0.15) is 17.2 Å². The van der Waals surface area contributed by atoms with Crippen molar-refractivity contribution in [1.29, 1.82) is 0 Å². The van der Waals surface area contributed by atoms with Crippen molar-refractivity contribution in [2.45, 2.75) is 6.42 Å². The number of hydrogen-bond donors (Lipinski definition) is 0. The first-order valence-corrected chi connectivity index (χ1v) is 7.88. The average molecular weight is 359 g/mol. The Morgan fingerprint density at radius 2 is 1.88 bits per heavy atom. The number of rotatable bonds is 5. The number of benzene rings is 1. The lowest BCUT2D eigenvalue weighted by atomic mass is 10.1. The van der Waals surface area contributed by atoms with Crippen molar-refractivity contribution in [3.8, 4) is 11.5 Å². The lowest BCUT2D eigenvalue weighted by Gasteiger charge is -2.07. The molecule has 0 N–H and O–H groups in total. The Hall–Kier alpha value is -2.43. The zero-order valence-electron chi connectivity index (χ0n) is 12.4. The first-order chi connectivity index (χ1) is 11.6. The molecule has 4 nitrogen and oxygen atoms in total. The quantitative estimate of drug-likeness (QED) is 0.602. The third-order valence-corrected chi connectivity index (χ3v) is 3.97. The number of carbonyl (C=O) groups excluding carboxylic acids is 1. The van der Waals surface area contributed by atoms with Crippen LogP contribution in [0.25, 0.3) is 0 Å². The molecule has 2 aromatic heterocycles. The topological polar surface area (TPSA) is 52.1 Å². The molecule has 0 amide bonds. The van der Waals surface area contributed by atoms with Crippen LogP contribution in [0.4, 0.5) is 0 Å². The Kier molecular flexibility index (Phi) is 5.08. The predicted octanol–water partition coefficient (Wildman–Crippen LogP) is 5.00. The van der Waals surface area contributed by atoms with Gasteiger partial charge in [0.05, 0.1) is 16.2 Å². The molecular formula is C18H12Cl2N2O2. The summed E-state index contributed by atoms with van der Waals surface area (Å²) < 4.78 is 5.66. The summed E-state index contributed by atoms with van der Waals surface area (Å²) in [6.07, 6.45) is 4.97. The predicted molar refractivity (Wildman–Crippen MR) is 93.0 cm³/mol.